The van der Waals surface area contributed by atoms with Crippen molar-refractivity contribution in [3.05, 3.63) is 59.9 Å². The average Bonchev–Trinajstić information content (AvgIpc) is 2.75. The summed E-state index contributed by atoms with van der Waals surface area (Å²) in [4.78, 5) is 25.8. The molecule has 1 aliphatic rings. The fourth-order valence-corrected chi connectivity index (χ4v) is 4.30. The first-order valence-corrected chi connectivity index (χ1v) is 11.4. The fourth-order valence-electron chi connectivity index (χ4n) is 3.41. The van der Waals surface area contributed by atoms with Gasteiger partial charge in [-0.25, -0.2) is 12.8 Å². The zero-order chi connectivity index (χ0) is 23.3. The van der Waals surface area contributed by atoms with E-state index in [4.69, 9.17) is 0 Å². The molecule has 1 saturated heterocycles. The second kappa shape index (κ2) is 10.1. The highest BCUT2D eigenvalue weighted by Gasteiger charge is 2.30. The highest BCUT2D eigenvalue weighted by molar-refractivity contribution is 7.91. The number of sulfone groups is 1. The standard InChI is InChI=1S/C21H22F3N3O4S/c22-15-7-5-14(6-8-15)20(29)25-16-9-11-27(12-10-16)13-19(28)26-17-3-1-2-4-18(17)32(30,31)21(23)24/h1-8,16,21H,9-13H2,(H,25,29)(H,26,28). The third kappa shape index (κ3) is 5.86. The molecular formula is C21H22F3N3O4S. The summed E-state index contributed by atoms with van der Waals surface area (Å²) in [7, 11) is -4.85. The Morgan fingerprint density at radius 2 is 1.66 bits per heavy atom. The van der Waals surface area contributed by atoms with Crippen LogP contribution < -0.4 is 10.6 Å². The molecule has 2 amide bonds. The van der Waals surface area contributed by atoms with Gasteiger partial charge >= 0.3 is 5.76 Å². The number of carbonyl (C=O) groups is 2. The summed E-state index contributed by atoms with van der Waals surface area (Å²) in [5.41, 5.74) is 0.157. The molecule has 1 aliphatic heterocycles. The van der Waals surface area contributed by atoms with Gasteiger partial charge in [-0.2, -0.15) is 8.78 Å². The number of alkyl halides is 2. The maximum absolute atomic E-state index is 13.0. The van der Waals surface area contributed by atoms with E-state index in [9.17, 15) is 31.2 Å². The topological polar surface area (TPSA) is 95.6 Å². The zero-order valence-corrected chi connectivity index (χ0v) is 17.7. The Morgan fingerprint density at radius 3 is 2.28 bits per heavy atom. The number of benzene rings is 2. The van der Waals surface area contributed by atoms with Crippen LogP contribution in [0, 0.1) is 5.82 Å². The van der Waals surface area contributed by atoms with Gasteiger partial charge in [0.25, 0.3) is 5.91 Å². The van der Waals surface area contributed by atoms with Gasteiger partial charge in [-0.05, 0) is 49.2 Å². The van der Waals surface area contributed by atoms with Crippen molar-refractivity contribution < 1.29 is 31.2 Å². The van der Waals surface area contributed by atoms with E-state index in [2.05, 4.69) is 10.6 Å². The molecule has 2 aromatic rings. The Morgan fingerprint density at radius 1 is 1.03 bits per heavy atom. The number of piperidine rings is 1. The van der Waals surface area contributed by atoms with Gasteiger partial charge in [0.15, 0.2) is 0 Å². The van der Waals surface area contributed by atoms with Crippen LogP contribution in [0.15, 0.2) is 53.4 Å². The molecule has 1 heterocycles. The molecule has 0 saturated carbocycles. The second-order valence-corrected chi connectivity index (χ2v) is 9.27. The highest BCUT2D eigenvalue weighted by atomic mass is 32.2. The number of carbonyl (C=O) groups excluding carboxylic acids is 2. The van der Waals surface area contributed by atoms with Crippen molar-refractivity contribution in [2.45, 2.75) is 29.5 Å². The van der Waals surface area contributed by atoms with Gasteiger partial charge in [0.2, 0.25) is 15.7 Å². The molecule has 3 rings (SSSR count). The lowest BCUT2D eigenvalue weighted by Crippen LogP contribution is -2.46. The predicted molar refractivity (Wildman–Crippen MR) is 112 cm³/mol. The maximum Gasteiger partial charge on any atom is 0.341 e. The van der Waals surface area contributed by atoms with Crippen LogP contribution in [0.2, 0.25) is 0 Å². The SMILES string of the molecule is O=C(CN1CCC(NC(=O)c2ccc(F)cc2)CC1)Nc1ccccc1S(=O)(=O)C(F)F. The van der Waals surface area contributed by atoms with E-state index in [-0.39, 0.29) is 24.2 Å². The van der Waals surface area contributed by atoms with Crippen molar-refractivity contribution in [1.29, 1.82) is 0 Å². The van der Waals surface area contributed by atoms with Crippen molar-refractivity contribution >= 4 is 27.3 Å². The monoisotopic (exact) mass is 469 g/mol. The molecule has 0 spiro atoms. The number of nitrogens with one attached hydrogen (secondary N) is 2. The summed E-state index contributed by atoms with van der Waals surface area (Å²) in [6, 6.07) is 10.1. The number of anilines is 1. The Hall–Kier alpha value is -2.92. The normalized spacial score (nSPS) is 15.5. The quantitative estimate of drug-likeness (QED) is 0.650. The number of hydrogen-bond acceptors (Lipinski definition) is 5. The maximum atomic E-state index is 13.0. The van der Waals surface area contributed by atoms with E-state index in [1.54, 1.807) is 0 Å². The first-order valence-electron chi connectivity index (χ1n) is 9.86. The van der Waals surface area contributed by atoms with Gasteiger partial charge in [-0.1, -0.05) is 12.1 Å². The van der Waals surface area contributed by atoms with Crippen LogP contribution in [0.5, 0.6) is 0 Å². The van der Waals surface area contributed by atoms with Gasteiger partial charge in [0.05, 0.1) is 17.1 Å². The van der Waals surface area contributed by atoms with Crippen LogP contribution in [0.3, 0.4) is 0 Å². The molecule has 0 bridgehead atoms. The van der Waals surface area contributed by atoms with Crippen LogP contribution in [0.4, 0.5) is 18.9 Å². The molecule has 172 valence electrons. The number of amides is 2. The number of para-hydroxylation sites is 1. The lowest BCUT2D eigenvalue weighted by atomic mass is 10.0. The molecule has 2 aromatic carbocycles. The summed E-state index contributed by atoms with van der Waals surface area (Å²) < 4.78 is 62.4. The minimum absolute atomic E-state index is 0.0539. The zero-order valence-electron chi connectivity index (χ0n) is 16.9. The first-order chi connectivity index (χ1) is 15.2. The summed E-state index contributed by atoms with van der Waals surface area (Å²) in [6.07, 6.45) is 1.16. The van der Waals surface area contributed by atoms with Crippen LogP contribution in [-0.2, 0) is 14.6 Å². The molecule has 32 heavy (non-hydrogen) atoms. The Balaban J connectivity index is 1.51. The lowest BCUT2D eigenvalue weighted by molar-refractivity contribution is -0.117. The molecule has 11 heteroatoms. The average molecular weight is 469 g/mol. The lowest BCUT2D eigenvalue weighted by Gasteiger charge is -2.31. The van der Waals surface area contributed by atoms with Crippen molar-refractivity contribution in [3.63, 3.8) is 0 Å². The summed E-state index contributed by atoms with van der Waals surface area (Å²) in [5.74, 6) is -4.86. The molecule has 0 radical (unpaired) electrons. The van der Waals surface area contributed by atoms with Gasteiger partial charge in [-0.3, -0.25) is 14.5 Å². The smallest absolute Gasteiger partial charge is 0.341 e. The summed E-state index contributed by atoms with van der Waals surface area (Å²) >= 11 is 0. The van der Waals surface area contributed by atoms with Crippen molar-refractivity contribution in [1.82, 2.24) is 10.2 Å². The molecule has 0 unspecified atom stereocenters. The molecule has 7 nitrogen and oxygen atoms in total. The first kappa shape index (κ1) is 23.7. The predicted octanol–water partition coefficient (Wildman–Crippen LogP) is 2.65. The van der Waals surface area contributed by atoms with Crippen molar-refractivity contribution in [2.75, 3.05) is 25.0 Å². The number of hydrogen-bond donors (Lipinski definition) is 2. The van der Waals surface area contributed by atoms with Crippen molar-refractivity contribution in [2.24, 2.45) is 0 Å². The Kier molecular flexibility index (Phi) is 7.52. The molecule has 1 fully saturated rings. The van der Waals surface area contributed by atoms with Crippen LogP contribution in [-0.4, -0.2) is 56.6 Å². The largest absolute Gasteiger partial charge is 0.349 e. The van der Waals surface area contributed by atoms with Gasteiger partial charge < -0.3 is 10.6 Å². The third-order valence-corrected chi connectivity index (χ3v) is 6.54. The second-order valence-electron chi connectivity index (χ2n) is 7.38. The number of rotatable bonds is 7. The fraction of sp³-hybridized carbons (Fsp3) is 0.333. The van der Waals surface area contributed by atoms with Crippen LogP contribution >= 0.6 is 0 Å². The number of halogens is 3. The van der Waals surface area contributed by atoms with Crippen LogP contribution in [0.25, 0.3) is 0 Å². The van der Waals surface area contributed by atoms with E-state index in [1.807, 2.05) is 4.90 Å². The van der Waals surface area contributed by atoms with Crippen LogP contribution in [0.1, 0.15) is 23.2 Å². The van der Waals surface area contributed by atoms with E-state index in [0.29, 0.717) is 31.5 Å². The molecule has 0 atom stereocenters. The van der Waals surface area contributed by atoms with Gasteiger partial charge in [-0.15, -0.1) is 0 Å². The van der Waals surface area contributed by atoms with E-state index >= 15 is 0 Å². The van der Waals surface area contributed by atoms with Crippen molar-refractivity contribution in [3.8, 4) is 0 Å². The Labute approximate surface area is 183 Å². The third-order valence-electron chi connectivity index (χ3n) is 5.10. The van der Waals surface area contributed by atoms with E-state index in [0.717, 1.165) is 6.07 Å². The van der Waals surface area contributed by atoms with E-state index < -0.39 is 32.2 Å². The molecule has 0 aromatic heterocycles. The van der Waals surface area contributed by atoms with Gasteiger partial charge in [0, 0.05) is 24.7 Å². The molecular weight excluding hydrogens is 447 g/mol. The number of nitrogens with zero attached hydrogens (tertiary/aromatic N) is 1. The number of likely N-dealkylation sites (tertiary alicyclic amines) is 1. The molecule has 0 aliphatic carbocycles. The molecule has 2 N–H and O–H groups in total. The minimum Gasteiger partial charge on any atom is -0.349 e. The van der Waals surface area contributed by atoms with E-state index in [1.165, 1.54) is 42.5 Å². The minimum atomic E-state index is -4.85. The highest BCUT2D eigenvalue weighted by Crippen LogP contribution is 2.26. The summed E-state index contributed by atoms with van der Waals surface area (Å²) in [6.45, 7) is 0.944. The summed E-state index contributed by atoms with van der Waals surface area (Å²) in [5, 5.41) is 5.27. The van der Waals surface area contributed by atoms with Gasteiger partial charge in [0.1, 0.15) is 5.82 Å². The Bertz CT molecular complexity index is 1070.